The summed E-state index contributed by atoms with van der Waals surface area (Å²) in [6.45, 7) is 0.0815. The van der Waals surface area contributed by atoms with E-state index < -0.39 is 6.09 Å². The van der Waals surface area contributed by atoms with Crippen LogP contribution < -0.4 is 5.32 Å². The number of aliphatic hydroxyl groups is 1. The van der Waals surface area contributed by atoms with Gasteiger partial charge in [-0.3, -0.25) is 0 Å². The van der Waals surface area contributed by atoms with Crippen molar-refractivity contribution in [3.05, 3.63) is 48.3 Å². The van der Waals surface area contributed by atoms with E-state index in [-0.39, 0.29) is 13.2 Å². The van der Waals surface area contributed by atoms with Crippen molar-refractivity contribution in [2.24, 2.45) is 0 Å². The van der Waals surface area contributed by atoms with E-state index in [2.05, 4.69) is 5.32 Å². The van der Waals surface area contributed by atoms with Gasteiger partial charge in [-0.2, -0.15) is 0 Å². The van der Waals surface area contributed by atoms with Gasteiger partial charge in [-0.25, -0.2) is 4.79 Å². The van der Waals surface area contributed by atoms with Crippen molar-refractivity contribution in [3.8, 4) is 0 Å². The molecule has 0 aromatic rings. The monoisotopic (exact) mass is 207 g/mol. The molecule has 0 spiro atoms. The normalized spacial score (nSPS) is 18.3. The number of carbonyl (C=O) groups is 1. The molecule has 0 aromatic carbocycles. The Bertz CT molecular complexity index is 327. The van der Waals surface area contributed by atoms with E-state index in [1.165, 1.54) is 0 Å². The van der Waals surface area contributed by atoms with Crippen LogP contribution in [0.1, 0.15) is 0 Å². The molecule has 0 heterocycles. The Kier molecular flexibility index (Phi) is 4.97. The largest absolute Gasteiger partial charge is 0.412 e. The molecule has 15 heavy (non-hydrogen) atoms. The van der Waals surface area contributed by atoms with Gasteiger partial charge in [0.25, 0.3) is 0 Å². The molecule has 0 fully saturated rings. The smallest absolute Gasteiger partial charge is 0.410 e. The summed E-state index contributed by atoms with van der Waals surface area (Å²) < 4.78 is 4.96. The fraction of sp³-hybridized carbons (Fsp3) is 0.182. The summed E-state index contributed by atoms with van der Waals surface area (Å²) in [5.74, 6) is 0.450. The number of carbonyl (C=O) groups excluding carboxylic acids is 1. The Hall–Kier alpha value is -1.81. The van der Waals surface area contributed by atoms with Gasteiger partial charge >= 0.3 is 6.09 Å². The Morgan fingerprint density at radius 2 is 2.00 bits per heavy atom. The summed E-state index contributed by atoms with van der Waals surface area (Å²) in [6.07, 6.45) is 11.9. The van der Waals surface area contributed by atoms with Crippen molar-refractivity contribution in [3.63, 3.8) is 0 Å². The molecular weight excluding hydrogens is 194 g/mol. The van der Waals surface area contributed by atoms with E-state index >= 15 is 0 Å². The maximum atomic E-state index is 11.1. The Labute approximate surface area is 88.2 Å². The van der Waals surface area contributed by atoms with Crippen molar-refractivity contribution < 1.29 is 14.6 Å². The summed E-state index contributed by atoms with van der Waals surface area (Å²) >= 11 is 0. The molecule has 0 aromatic heterocycles. The van der Waals surface area contributed by atoms with Crippen LogP contribution >= 0.6 is 0 Å². The lowest BCUT2D eigenvalue weighted by Gasteiger charge is -2.05. The highest BCUT2D eigenvalue weighted by molar-refractivity contribution is 5.68. The van der Waals surface area contributed by atoms with E-state index in [1.54, 1.807) is 24.3 Å². The molecule has 0 aliphatic heterocycles. The second-order valence-electron chi connectivity index (χ2n) is 2.74. The number of aliphatic hydroxyl groups excluding tert-OH is 1. The third-order valence-electron chi connectivity index (χ3n) is 1.56. The minimum atomic E-state index is -0.571. The van der Waals surface area contributed by atoms with Crippen LogP contribution in [0.2, 0.25) is 0 Å². The predicted molar refractivity (Wildman–Crippen MR) is 57.1 cm³/mol. The molecule has 0 bridgehead atoms. The number of hydrogen-bond donors (Lipinski definition) is 2. The summed E-state index contributed by atoms with van der Waals surface area (Å²) in [5.41, 5.74) is 0. The third kappa shape index (κ3) is 4.83. The van der Waals surface area contributed by atoms with Crippen LogP contribution in [0, 0.1) is 0 Å². The molecule has 1 amide bonds. The lowest BCUT2D eigenvalue weighted by Crippen LogP contribution is -2.26. The molecule has 0 radical (unpaired) electrons. The fourth-order valence-corrected chi connectivity index (χ4v) is 0.918. The maximum absolute atomic E-state index is 11.1. The van der Waals surface area contributed by atoms with Crippen molar-refractivity contribution in [1.29, 1.82) is 0 Å². The van der Waals surface area contributed by atoms with Crippen LogP contribution in [0.5, 0.6) is 0 Å². The minimum absolute atomic E-state index is 0.105. The van der Waals surface area contributed by atoms with Crippen LogP contribution in [0.25, 0.3) is 0 Å². The van der Waals surface area contributed by atoms with Crippen LogP contribution in [-0.4, -0.2) is 24.4 Å². The number of hydrogen-bond acceptors (Lipinski definition) is 3. The van der Waals surface area contributed by atoms with E-state index in [0.717, 1.165) is 0 Å². The number of alkyl carbamates (subject to hydrolysis) is 1. The first-order valence-electron chi connectivity index (χ1n) is 4.61. The van der Waals surface area contributed by atoms with Gasteiger partial charge in [0.15, 0.2) is 0 Å². The molecule has 1 aliphatic rings. The average Bonchev–Trinajstić information content (AvgIpc) is 2.19. The Morgan fingerprint density at radius 3 is 2.80 bits per heavy atom. The first-order chi connectivity index (χ1) is 7.33. The van der Waals surface area contributed by atoms with Gasteiger partial charge in [0.05, 0.1) is 6.61 Å². The number of nitrogens with one attached hydrogen (secondary N) is 1. The molecule has 0 saturated carbocycles. The highest BCUT2D eigenvalue weighted by Crippen LogP contribution is 2.03. The van der Waals surface area contributed by atoms with E-state index in [4.69, 9.17) is 9.84 Å². The highest BCUT2D eigenvalue weighted by atomic mass is 16.6. The molecule has 1 rings (SSSR count). The van der Waals surface area contributed by atoms with Gasteiger partial charge in [0.1, 0.15) is 5.76 Å². The van der Waals surface area contributed by atoms with E-state index in [1.807, 2.05) is 18.2 Å². The Balaban J connectivity index is 2.46. The van der Waals surface area contributed by atoms with Gasteiger partial charge in [-0.15, -0.1) is 0 Å². The summed E-state index contributed by atoms with van der Waals surface area (Å²) in [5, 5.41) is 10.9. The molecule has 4 heteroatoms. The molecule has 1 aliphatic carbocycles. The Morgan fingerprint density at radius 1 is 1.27 bits per heavy atom. The maximum Gasteiger partial charge on any atom is 0.412 e. The zero-order valence-corrected chi connectivity index (χ0v) is 8.22. The zero-order valence-electron chi connectivity index (χ0n) is 8.22. The van der Waals surface area contributed by atoms with Crippen molar-refractivity contribution in [2.45, 2.75) is 0 Å². The van der Waals surface area contributed by atoms with Crippen molar-refractivity contribution in [2.75, 3.05) is 13.2 Å². The lowest BCUT2D eigenvalue weighted by atomic mass is 10.3. The van der Waals surface area contributed by atoms with Crippen LogP contribution in [0.15, 0.2) is 48.3 Å². The molecule has 0 saturated heterocycles. The predicted octanol–water partition coefficient (Wildman–Crippen LogP) is 1.27. The number of ether oxygens (including phenoxy) is 1. The van der Waals surface area contributed by atoms with Gasteiger partial charge in [0.2, 0.25) is 0 Å². The topological polar surface area (TPSA) is 58.6 Å². The molecule has 4 nitrogen and oxygen atoms in total. The quantitative estimate of drug-likeness (QED) is 0.732. The number of amides is 1. The SMILES string of the molecule is O=C(NCCO)OC1=C/C=C/C=C\C=C1. The second-order valence-corrected chi connectivity index (χ2v) is 2.74. The van der Waals surface area contributed by atoms with Crippen LogP contribution in [0.3, 0.4) is 0 Å². The average molecular weight is 207 g/mol. The van der Waals surface area contributed by atoms with Crippen LogP contribution in [-0.2, 0) is 4.74 Å². The highest BCUT2D eigenvalue weighted by Gasteiger charge is 2.02. The third-order valence-corrected chi connectivity index (χ3v) is 1.56. The number of rotatable bonds is 3. The van der Waals surface area contributed by atoms with Crippen LogP contribution in [0.4, 0.5) is 4.79 Å². The standard InChI is InChI=1S/C11H13NO3/c13-9-8-12-11(14)15-10-6-4-2-1-3-5-7-10/h1-7,13H,8-9H2,(H,12,14)/b2-1-,3-1?,4-2?,5-3+,6-4?,7-5?,10-6?,10-7?. The molecular formula is C11H13NO3. The minimum Gasteiger partial charge on any atom is -0.410 e. The summed E-state index contributed by atoms with van der Waals surface area (Å²) in [7, 11) is 0. The van der Waals surface area contributed by atoms with E-state index in [9.17, 15) is 4.79 Å². The fourth-order valence-electron chi connectivity index (χ4n) is 0.918. The molecule has 2 N–H and O–H groups in total. The van der Waals surface area contributed by atoms with E-state index in [0.29, 0.717) is 5.76 Å². The number of allylic oxidation sites excluding steroid dienone is 7. The summed E-state index contributed by atoms with van der Waals surface area (Å²) in [4.78, 5) is 11.1. The molecule has 0 unspecified atom stereocenters. The van der Waals surface area contributed by atoms with Crippen molar-refractivity contribution >= 4 is 6.09 Å². The molecule has 80 valence electrons. The zero-order chi connectivity index (χ0) is 10.9. The van der Waals surface area contributed by atoms with Crippen molar-refractivity contribution in [1.82, 2.24) is 5.32 Å². The van der Waals surface area contributed by atoms with Gasteiger partial charge in [-0.05, 0) is 12.2 Å². The first-order valence-corrected chi connectivity index (χ1v) is 4.61. The second kappa shape index (κ2) is 6.62. The molecule has 0 atom stereocenters. The van der Waals surface area contributed by atoms with Gasteiger partial charge < -0.3 is 15.2 Å². The lowest BCUT2D eigenvalue weighted by molar-refractivity contribution is 0.175. The first kappa shape index (κ1) is 11.3. The van der Waals surface area contributed by atoms with Gasteiger partial charge in [-0.1, -0.05) is 30.4 Å². The van der Waals surface area contributed by atoms with Gasteiger partial charge in [0, 0.05) is 6.54 Å². The summed E-state index contributed by atoms with van der Waals surface area (Å²) in [6, 6.07) is 0.